The van der Waals surface area contributed by atoms with E-state index in [2.05, 4.69) is 10.6 Å². The molecule has 0 saturated carbocycles. The van der Waals surface area contributed by atoms with Gasteiger partial charge in [0.2, 0.25) is 5.91 Å². The lowest BCUT2D eigenvalue weighted by Crippen LogP contribution is -2.26. The largest absolute Gasteiger partial charge is 0.492 e. The number of nitrogens with one attached hydrogen (secondary N) is 2. The van der Waals surface area contributed by atoms with Crippen LogP contribution in [-0.4, -0.2) is 36.9 Å². The molecule has 2 amide bonds. The molecule has 160 valence electrons. The smallest absolute Gasteiger partial charge is 0.253 e. The fourth-order valence-electron chi connectivity index (χ4n) is 3.14. The second-order valence-electron chi connectivity index (χ2n) is 7.06. The predicted molar refractivity (Wildman–Crippen MR) is 123 cm³/mol. The molecule has 3 rings (SSSR count). The first-order chi connectivity index (χ1) is 15.1. The highest BCUT2D eigenvalue weighted by atomic mass is 16.5. The third kappa shape index (κ3) is 6.34. The fraction of sp³-hybridized carbons (Fsp3) is 0.200. The van der Waals surface area contributed by atoms with E-state index in [1.807, 2.05) is 61.5 Å². The molecular weight excluding hydrogens is 390 g/mol. The maximum atomic E-state index is 12.8. The minimum atomic E-state index is -0.204. The Morgan fingerprint density at radius 2 is 1.68 bits per heavy atom. The van der Waals surface area contributed by atoms with Crippen molar-refractivity contribution in [2.24, 2.45) is 0 Å². The summed E-state index contributed by atoms with van der Waals surface area (Å²) < 4.78 is 5.53. The van der Waals surface area contributed by atoms with Crippen LogP contribution in [-0.2, 0) is 11.3 Å². The Morgan fingerprint density at radius 1 is 0.935 bits per heavy atom. The zero-order chi connectivity index (χ0) is 22.1. The van der Waals surface area contributed by atoms with Crippen molar-refractivity contribution in [3.63, 3.8) is 0 Å². The highest BCUT2D eigenvalue weighted by molar-refractivity contribution is 5.96. The van der Waals surface area contributed by atoms with Gasteiger partial charge in [-0.2, -0.15) is 0 Å². The van der Waals surface area contributed by atoms with Crippen molar-refractivity contribution in [3.05, 3.63) is 90.0 Å². The molecule has 6 heteroatoms. The van der Waals surface area contributed by atoms with Gasteiger partial charge in [-0.3, -0.25) is 9.59 Å². The molecule has 3 aromatic carbocycles. The average Bonchev–Trinajstić information content (AvgIpc) is 2.79. The van der Waals surface area contributed by atoms with Crippen molar-refractivity contribution in [1.29, 1.82) is 0 Å². The van der Waals surface area contributed by atoms with Gasteiger partial charge in [-0.25, -0.2) is 0 Å². The van der Waals surface area contributed by atoms with Gasteiger partial charge >= 0.3 is 0 Å². The molecule has 0 aliphatic carbocycles. The highest BCUT2D eigenvalue weighted by Crippen LogP contribution is 2.23. The van der Waals surface area contributed by atoms with Crippen LogP contribution in [0.4, 0.5) is 11.4 Å². The summed E-state index contributed by atoms with van der Waals surface area (Å²) in [6, 6.07) is 24.3. The Labute approximate surface area is 182 Å². The number of amides is 2. The minimum Gasteiger partial charge on any atom is -0.492 e. The van der Waals surface area contributed by atoms with Gasteiger partial charge < -0.3 is 20.3 Å². The summed E-state index contributed by atoms with van der Waals surface area (Å²) >= 11 is 0. The lowest BCUT2D eigenvalue weighted by Gasteiger charge is -2.18. The van der Waals surface area contributed by atoms with Crippen LogP contribution in [0, 0.1) is 0 Å². The number of carbonyl (C=O) groups is 2. The van der Waals surface area contributed by atoms with Crippen molar-refractivity contribution in [2.45, 2.75) is 13.5 Å². The van der Waals surface area contributed by atoms with Crippen molar-refractivity contribution >= 4 is 23.2 Å². The van der Waals surface area contributed by atoms with Crippen LogP contribution in [0.3, 0.4) is 0 Å². The molecule has 2 N–H and O–H groups in total. The zero-order valence-corrected chi connectivity index (χ0v) is 17.8. The number of para-hydroxylation sites is 2. The van der Waals surface area contributed by atoms with E-state index < -0.39 is 0 Å². The summed E-state index contributed by atoms with van der Waals surface area (Å²) in [5.41, 5.74) is 2.96. The summed E-state index contributed by atoms with van der Waals surface area (Å²) in [6.45, 7) is 3.01. The summed E-state index contributed by atoms with van der Waals surface area (Å²) in [4.78, 5) is 26.8. The maximum Gasteiger partial charge on any atom is 0.253 e. The summed E-state index contributed by atoms with van der Waals surface area (Å²) in [5, 5.41) is 5.92. The third-order valence-corrected chi connectivity index (χ3v) is 4.63. The summed E-state index contributed by atoms with van der Waals surface area (Å²) in [5.74, 6) is 0.347. The molecule has 0 aromatic heterocycles. The SMILES string of the molecule is CCOc1ccccc1NC(=O)CNc1cccc(C(=O)N(C)Cc2ccccc2)c1. The Bertz CT molecular complexity index is 1020. The van der Waals surface area contributed by atoms with Gasteiger partial charge in [0.1, 0.15) is 5.75 Å². The molecule has 31 heavy (non-hydrogen) atoms. The zero-order valence-electron chi connectivity index (χ0n) is 17.8. The van der Waals surface area contributed by atoms with Gasteiger partial charge in [0.15, 0.2) is 0 Å². The van der Waals surface area contributed by atoms with Gasteiger partial charge in [0.05, 0.1) is 18.8 Å². The molecule has 0 unspecified atom stereocenters. The normalized spacial score (nSPS) is 10.3. The second kappa shape index (κ2) is 10.8. The number of benzene rings is 3. The number of hydrogen-bond acceptors (Lipinski definition) is 4. The van der Waals surface area contributed by atoms with E-state index in [4.69, 9.17) is 4.74 Å². The molecule has 0 radical (unpaired) electrons. The molecule has 6 nitrogen and oxygen atoms in total. The van der Waals surface area contributed by atoms with E-state index in [0.29, 0.717) is 35.8 Å². The standard InChI is InChI=1S/C25H27N3O3/c1-3-31-23-15-8-7-14-22(23)27-24(29)17-26-21-13-9-12-20(16-21)25(30)28(2)18-19-10-5-4-6-11-19/h4-16,26H,3,17-18H2,1-2H3,(H,27,29). The van der Waals surface area contributed by atoms with Crippen LogP contribution in [0.5, 0.6) is 5.75 Å². The van der Waals surface area contributed by atoms with Crippen LogP contribution in [0.1, 0.15) is 22.8 Å². The number of hydrogen-bond donors (Lipinski definition) is 2. The van der Waals surface area contributed by atoms with E-state index in [1.165, 1.54) is 0 Å². The molecule has 0 aliphatic rings. The molecule has 0 fully saturated rings. The predicted octanol–water partition coefficient (Wildman–Crippen LogP) is 4.41. The Morgan fingerprint density at radius 3 is 2.45 bits per heavy atom. The number of nitrogens with zero attached hydrogens (tertiary/aromatic N) is 1. The topological polar surface area (TPSA) is 70.7 Å². The van der Waals surface area contributed by atoms with E-state index in [0.717, 1.165) is 5.56 Å². The highest BCUT2D eigenvalue weighted by Gasteiger charge is 2.13. The summed E-state index contributed by atoms with van der Waals surface area (Å²) in [6.07, 6.45) is 0. The quantitative estimate of drug-likeness (QED) is 0.541. The van der Waals surface area contributed by atoms with Crippen LogP contribution < -0.4 is 15.4 Å². The third-order valence-electron chi connectivity index (χ3n) is 4.63. The number of carbonyl (C=O) groups excluding carboxylic acids is 2. The Balaban J connectivity index is 1.58. The molecule has 0 bridgehead atoms. The lowest BCUT2D eigenvalue weighted by molar-refractivity contribution is -0.114. The molecule has 0 atom stereocenters. The molecule has 0 aliphatic heterocycles. The summed E-state index contributed by atoms with van der Waals surface area (Å²) in [7, 11) is 1.78. The number of rotatable bonds is 9. The lowest BCUT2D eigenvalue weighted by atomic mass is 10.1. The van der Waals surface area contributed by atoms with Crippen molar-refractivity contribution < 1.29 is 14.3 Å². The second-order valence-corrected chi connectivity index (χ2v) is 7.06. The van der Waals surface area contributed by atoms with Gasteiger partial charge in [-0.1, -0.05) is 48.5 Å². The fourth-order valence-corrected chi connectivity index (χ4v) is 3.14. The molecule has 0 spiro atoms. The Kier molecular flexibility index (Phi) is 7.65. The first-order valence-corrected chi connectivity index (χ1v) is 10.2. The number of ether oxygens (including phenoxy) is 1. The molecule has 0 heterocycles. The monoisotopic (exact) mass is 417 g/mol. The number of anilines is 2. The van der Waals surface area contributed by atoms with Gasteiger partial charge in [-0.05, 0) is 42.8 Å². The average molecular weight is 418 g/mol. The molecular formula is C25H27N3O3. The van der Waals surface area contributed by atoms with Crippen molar-refractivity contribution in [2.75, 3.05) is 30.8 Å². The first-order valence-electron chi connectivity index (χ1n) is 10.2. The maximum absolute atomic E-state index is 12.8. The van der Waals surface area contributed by atoms with Crippen LogP contribution in [0.15, 0.2) is 78.9 Å². The van der Waals surface area contributed by atoms with E-state index >= 15 is 0 Å². The van der Waals surface area contributed by atoms with Crippen LogP contribution in [0.2, 0.25) is 0 Å². The first kappa shape index (κ1) is 21.9. The molecule has 3 aromatic rings. The van der Waals surface area contributed by atoms with E-state index in [9.17, 15) is 9.59 Å². The van der Waals surface area contributed by atoms with Gasteiger partial charge in [-0.15, -0.1) is 0 Å². The van der Waals surface area contributed by atoms with Crippen LogP contribution in [0.25, 0.3) is 0 Å². The minimum absolute atomic E-state index is 0.0674. The van der Waals surface area contributed by atoms with Crippen molar-refractivity contribution in [1.82, 2.24) is 4.90 Å². The van der Waals surface area contributed by atoms with E-state index in [1.54, 1.807) is 36.2 Å². The van der Waals surface area contributed by atoms with Crippen LogP contribution >= 0.6 is 0 Å². The van der Waals surface area contributed by atoms with E-state index in [-0.39, 0.29) is 18.4 Å². The Hall–Kier alpha value is -3.80. The van der Waals surface area contributed by atoms with Gasteiger partial charge in [0.25, 0.3) is 5.91 Å². The van der Waals surface area contributed by atoms with Crippen molar-refractivity contribution in [3.8, 4) is 5.75 Å². The van der Waals surface area contributed by atoms with Gasteiger partial charge in [0, 0.05) is 24.8 Å². The molecule has 0 saturated heterocycles.